The summed E-state index contributed by atoms with van der Waals surface area (Å²) in [6.07, 6.45) is -44.3. The second-order valence-corrected chi connectivity index (χ2v) is 20.6. The molecule has 0 unspecified atom stereocenters. The van der Waals surface area contributed by atoms with Crippen LogP contribution in [0.15, 0.2) is 103 Å². The topological polar surface area (TPSA) is 17.1 Å². The molecule has 0 spiro atoms. The Balaban J connectivity index is 0.000000511. The van der Waals surface area contributed by atoms with Crippen LogP contribution in [0.3, 0.4) is 0 Å². The van der Waals surface area contributed by atoms with Crippen LogP contribution in [-0.4, -0.2) is 29.2 Å². The van der Waals surface area contributed by atoms with Crippen LogP contribution in [-0.2, 0) is 60.3 Å². The van der Waals surface area contributed by atoms with Crippen molar-refractivity contribution in [2.75, 3.05) is 17.3 Å². The Morgan fingerprint density at radius 1 is 0.342 bits per heavy atom. The van der Waals surface area contributed by atoms with Crippen LogP contribution in [0.1, 0.15) is 120 Å². The summed E-state index contributed by atoms with van der Waals surface area (Å²) in [5.41, 5.74) is -29.3. The minimum atomic E-state index is -6.13. The lowest BCUT2D eigenvalue weighted by atomic mass is 9.12. The maximum Gasteiger partial charge on any atom is 0.416 e. The lowest BCUT2D eigenvalue weighted by molar-refractivity contribution is -0.144. The average molecular weight is 1180 g/mol. The number of hydrogen-bond acceptors (Lipinski definition) is 1. The highest BCUT2D eigenvalue weighted by Crippen LogP contribution is 2.41. The number of hydrogen-bond donors (Lipinski definition) is 0. The molecule has 0 saturated carbocycles. The van der Waals surface area contributed by atoms with Gasteiger partial charge < -0.3 is 0 Å². The first-order chi connectivity index (χ1) is 36.0. The summed E-state index contributed by atoms with van der Waals surface area (Å²) in [4.78, 5) is 12.4. The summed E-state index contributed by atoms with van der Waals surface area (Å²) >= 11 is 0. The molecule has 79 heavy (non-hydrogen) atoms. The van der Waals surface area contributed by atoms with Gasteiger partial charge in [0.2, 0.25) is 5.78 Å². The van der Waals surface area contributed by atoms with Crippen molar-refractivity contribution in [1.82, 2.24) is 0 Å². The van der Waals surface area contributed by atoms with E-state index < -0.39 is 195 Å². The molecule has 27 heteroatoms. The Hall–Kier alpha value is -5.50. The Morgan fingerprint density at radius 2 is 0.570 bits per heavy atom. The highest BCUT2D eigenvalue weighted by Gasteiger charge is 2.47. The third-order valence-corrected chi connectivity index (χ3v) is 14.8. The quantitative estimate of drug-likeness (QED) is 0.0298. The van der Waals surface area contributed by atoms with Crippen molar-refractivity contribution >= 4 is 44.7 Å². The van der Waals surface area contributed by atoms with E-state index in [9.17, 15) is 110 Å². The summed E-state index contributed by atoms with van der Waals surface area (Å²) in [6, 6.07) is 1.01. The van der Waals surface area contributed by atoms with Crippen LogP contribution in [0.4, 0.5) is 105 Å². The SMILES string of the molecule is CCCCCC[S+](CCCCCC)CC(=O)c1ccccc1.FC(F)(F)c1cc([B-](c2cc(C(F)(F)F)cc(C(F)(F)F)c2)(c2cc(C(F)(F)F)cc(C(F)(F)F)c2)c2cc(C(F)(F)F)cc(C(F)(F)F)c2)cc(C(F)(F)F)c1. The van der Waals surface area contributed by atoms with Crippen LogP contribution >= 0.6 is 0 Å². The standard InChI is InChI=1S/C32H12BF24.C20H33OS/c34-25(35,36)13-1-14(26(37,38)39)6-21(5-13)33(22-7-15(27(40,41)42)2-16(8-22)28(43,44)45,23-9-17(29(46,47)48)3-18(10-23)30(49,50)51)24-11-19(31(52,53)54)4-20(12-24)32(55,56)57;1-3-5-7-12-16-22(17-13-8-6-4-2)18-20(21)19-14-10-9-11-15-19/h1-12H;9-11,14-15H,3-8,12-13,16-18H2,1-2H3/q-1;+1. The molecule has 1 nitrogen and oxygen atoms in total. The summed E-state index contributed by atoms with van der Waals surface area (Å²) < 4.78 is 341. The van der Waals surface area contributed by atoms with E-state index in [-0.39, 0.29) is 10.9 Å². The maximum absolute atomic E-state index is 14.2. The number of unbranched alkanes of at least 4 members (excludes halogenated alkanes) is 6. The van der Waals surface area contributed by atoms with Gasteiger partial charge in [-0.15, -0.1) is 0 Å². The molecule has 5 aromatic carbocycles. The van der Waals surface area contributed by atoms with Gasteiger partial charge in [-0.3, -0.25) is 4.79 Å². The van der Waals surface area contributed by atoms with Gasteiger partial charge in [0.05, 0.1) is 44.5 Å². The van der Waals surface area contributed by atoms with E-state index in [2.05, 4.69) is 13.8 Å². The number of Topliss-reactive ketones (excluding diaryl/α,β-unsaturated/α-hetero) is 1. The molecule has 0 radical (unpaired) electrons. The molecule has 0 aliphatic carbocycles. The molecule has 0 bridgehead atoms. The van der Waals surface area contributed by atoms with Crippen LogP contribution in [0.2, 0.25) is 0 Å². The highest BCUT2D eigenvalue weighted by atomic mass is 32.2. The molecule has 0 aliphatic heterocycles. The minimum absolute atomic E-state index is 0.288. The highest BCUT2D eigenvalue weighted by molar-refractivity contribution is 7.97. The molecule has 0 N–H and O–H groups in total. The Kier molecular flexibility index (Phi) is 21.0. The lowest BCUT2D eigenvalue weighted by Gasteiger charge is -2.46. The Bertz CT molecular complexity index is 2370. The molecular formula is C52H45BF24OS. The Morgan fingerprint density at radius 3 is 0.772 bits per heavy atom. The molecule has 0 fully saturated rings. The minimum Gasteiger partial charge on any atom is -0.289 e. The van der Waals surface area contributed by atoms with Crippen molar-refractivity contribution in [2.45, 2.75) is 115 Å². The van der Waals surface area contributed by atoms with Gasteiger partial charge >= 0.3 is 49.4 Å². The van der Waals surface area contributed by atoms with Gasteiger partial charge in [-0.2, -0.15) is 127 Å². The summed E-state index contributed by atoms with van der Waals surface area (Å²) in [7, 11) is 0.288. The number of carbonyl (C=O) groups excluding carboxylic acids is 1. The molecule has 436 valence electrons. The Labute approximate surface area is 439 Å². The van der Waals surface area contributed by atoms with Gasteiger partial charge in [-0.25, -0.2) is 0 Å². The van der Waals surface area contributed by atoms with Crippen molar-refractivity contribution in [3.8, 4) is 0 Å². The number of ketones is 1. The normalized spacial score (nSPS) is 13.4. The largest absolute Gasteiger partial charge is 0.416 e. The van der Waals surface area contributed by atoms with E-state index in [4.69, 9.17) is 0 Å². The fourth-order valence-corrected chi connectivity index (χ4v) is 10.9. The molecule has 0 amide bonds. The van der Waals surface area contributed by atoms with Crippen LogP contribution in [0.25, 0.3) is 0 Å². The summed E-state index contributed by atoms with van der Waals surface area (Å²) in [6.45, 7) is 4.51. The van der Waals surface area contributed by atoms with Gasteiger partial charge in [0.25, 0.3) is 0 Å². The zero-order chi connectivity index (χ0) is 60.0. The smallest absolute Gasteiger partial charge is 0.289 e. The number of halogens is 24. The van der Waals surface area contributed by atoms with Crippen LogP contribution in [0.5, 0.6) is 0 Å². The van der Waals surface area contributed by atoms with Crippen LogP contribution in [0, 0.1) is 0 Å². The molecule has 0 heterocycles. The summed E-state index contributed by atoms with van der Waals surface area (Å²) in [5, 5.41) is 0. The van der Waals surface area contributed by atoms with E-state index >= 15 is 0 Å². The first kappa shape index (κ1) is 66.0. The predicted octanol–water partition coefficient (Wildman–Crippen LogP) is 16.9. The van der Waals surface area contributed by atoms with E-state index in [0.29, 0.717) is 5.78 Å². The van der Waals surface area contributed by atoms with Crippen molar-refractivity contribution in [1.29, 1.82) is 0 Å². The van der Waals surface area contributed by atoms with E-state index in [0.717, 1.165) is 11.3 Å². The molecule has 0 aromatic heterocycles. The van der Waals surface area contributed by atoms with Crippen LogP contribution < -0.4 is 21.9 Å². The molecule has 0 aliphatic rings. The predicted molar refractivity (Wildman–Crippen MR) is 251 cm³/mol. The van der Waals surface area contributed by atoms with Gasteiger partial charge in [0, 0.05) is 5.56 Å². The van der Waals surface area contributed by atoms with E-state index in [1.165, 1.54) is 62.9 Å². The zero-order valence-electron chi connectivity index (χ0n) is 41.1. The van der Waals surface area contributed by atoms with Crippen molar-refractivity contribution in [3.63, 3.8) is 0 Å². The molecule has 0 saturated heterocycles. The van der Waals surface area contributed by atoms with Crippen molar-refractivity contribution in [3.05, 3.63) is 153 Å². The third-order valence-electron chi connectivity index (χ3n) is 12.4. The van der Waals surface area contributed by atoms with Gasteiger partial charge in [-0.1, -0.05) is 118 Å². The van der Waals surface area contributed by atoms with Gasteiger partial charge in [0.15, 0.2) is 5.75 Å². The van der Waals surface area contributed by atoms with Crippen molar-refractivity contribution < 1.29 is 110 Å². The number of benzene rings is 5. The fraction of sp³-hybridized carbons (Fsp3) is 0.404. The molecular weight excluding hydrogens is 1140 g/mol. The number of alkyl halides is 24. The molecule has 5 aromatic rings. The number of rotatable bonds is 17. The second-order valence-electron chi connectivity index (χ2n) is 18.3. The van der Waals surface area contributed by atoms with E-state index in [1.54, 1.807) is 0 Å². The monoisotopic (exact) mass is 1180 g/mol. The average Bonchev–Trinajstić information content (AvgIpc) is 3.32. The molecule has 0 atom stereocenters. The third kappa shape index (κ3) is 17.7. The van der Waals surface area contributed by atoms with Gasteiger partial charge in [0.1, 0.15) is 17.7 Å². The first-order valence-corrected chi connectivity index (χ1v) is 25.3. The van der Waals surface area contributed by atoms with Crippen molar-refractivity contribution in [2.24, 2.45) is 0 Å². The van der Waals surface area contributed by atoms with Gasteiger partial charge in [-0.05, 0) is 60.8 Å². The van der Waals surface area contributed by atoms with E-state index in [1.807, 2.05) is 30.3 Å². The zero-order valence-corrected chi connectivity index (χ0v) is 41.9. The molecule has 5 rings (SSSR count). The second kappa shape index (κ2) is 25.1. The maximum atomic E-state index is 14.2. The first-order valence-electron chi connectivity index (χ1n) is 23.6. The lowest BCUT2D eigenvalue weighted by Crippen LogP contribution is -2.75. The number of carbonyl (C=O) groups is 1. The summed E-state index contributed by atoms with van der Waals surface area (Å²) in [5.74, 6) is 3.62. The fourth-order valence-electron chi connectivity index (χ4n) is 8.68.